The van der Waals surface area contributed by atoms with E-state index in [0.717, 1.165) is 6.07 Å². The molecule has 5 rings (SSSR count). The van der Waals surface area contributed by atoms with Gasteiger partial charge in [0.05, 0.1) is 20.2 Å². The third kappa shape index (κ3) is 7.32. The Kier molecular flexibility index (Phi) is 10.3. The van der Waals surface area contributed by atoms with Crippen molar-refractivity contribution in [2.45, 2.75) is 58.6 Å². The van der Waals surface area contributed by atoms with Gasteiger partial charge in [-0.25, -0.2) is 21.6 Å². The molecule has 2 saturated heterocycles. The van der Waals surface area contributed by atoms with Gasteiger partial charge in [-0.15, -0.1) is 12.4 Å². The molecule has 0 spiro atoms. The summed E-state index contributed by atoms with van der Waals surface area (Å²) in [7, 11) is -9.14. The maximum Gasteiger partial charge on any atom is 0.417 e. The van der Waals surface area contributed by atoms with Crippen LogP contribution in [0.5, 0.6) is 0 Å². The van der Waals surface area contributed by atoms with Crippen LogP contribution < -0.4 is 4.72 Å². The number of aromatic nitrogens is 1. The number of likely N-dealkylation sites (tertiary alicyclic amines) is 2. The lowest BCUT2D eigenvalue weighted by molar-refractivity contribution is -0.140. The third-order valence-corrected chi connectivity index (χ3v) is 11.1. The fourth-order valence-corrected chi connectivity index (χ4v) is 8.44. The number of rotatable bonds is 7. The molecular formula is C29H30ClF3N4O6S2. The summed E-state index contributed by atoms with van der Waals surface area (Å²) in [5.41, 5.74) is -1.09. The van der Waals surface area contributed by atoms with Crippen molar-refractivity contribution in [1.29, 1.82) is 0 Å². The average Bonchev–Trinajstić information content (AvgIpc) is 3.51. The third-order valence-electron chi connectivity index (χ3n) is 7.77. The number of piperidine rings is 1. The van der Waals surface area contributed by atoms with Crippen LogP contribution in [0.4, 0.5) is 13.2 Å². The second-order valence-electron chi connectivity index (χ2n) is 10.6. The molecule has 1 atom stereocenters. The van der Waals surface area contributed by atoms with Crippen molar-refractivity contribution >= 4 is 44.1 Å². The number of nitrogens with zero attached hydrogens (tertiary/aromatic N) is 3. The number of carbonyl (C=O) groups excluding carboxylic acids is 2. The highest BCUT2D eigenvalue weighted by atomic mass is 35.5. The smallest absolute Gasteiger partial charge is 0.341 e. The SMILES string of the molecule is Cl.O=C([C@@H]1CCCN1C(=O)c1ccncc1)N1CCC(NS(=O)(=O)c2cc(S(=O)(=O)c3ccccc3)ccc2C(F)(F)F)CC1. The average molecular weight is 687 g/mol. The summed E-state index contributed by atoms with van der Waals surface area (Å²) >= 11 is 0. The van der Waals surface area contributed by atoms with Crippen molar-refractivity contribution < 1.29 is 39.6 Å². The molecular weight excluding hydrogens is 657 g/mol. The van der Waals surface area contributed by atoms with Crippen molar-refractivity contribution in [3.05, 3.63) is 84.2 Å². The predicted molar refractivity (Wildman–Crippen MR) is 159 cm³/mol. The van der Waals surface area contributed by atoms with E-state index in [-0.39, 0.29) is 55.0 Å². The van der Waals surface area contributed by atoms with Gasteiger partial charge in [-0.2, -0.15) is 13.2 Å². The van der Waals surface area contributed by atoms with E-state index in [1.807, 2.05) is 0 Å². The molecule has 2 amide bonds. The zero-order valence-electron chi connectivity index (χ0n) is 23.7. The number of sulfonamides is 1. The predicted octanol–water partition coefficient (Wildman–Crippen LogP) is 3.93. The highest BCUT2D eigenvalue weighted by molar-refractivity contribution is 7.91. The van der Waals surface area contributed by atoms with Crippen molar-refractivity contribution in [1.82, 2.24) is 19.5 Å². The molecule has 2 aromatic carbocycles. The summed E-state index contributed by atoms with van der Waals surface area (Å²) in [6, 6.07) is 10.3. The Hall–Kier alpha value is -3.53. The van der Waals surface area contributed by atoms with Gasteiger partial charge in [0.2, 0.25) is 25.8 Å². The van der Waals surface area contributed by atoms with Gasteiger partial charge in [0.25, 0.3) is 5.91 Å². The molecule has 0 unspecified atom stereocenters. The second kappa shape index (κ2) is 13.4. The molecule has 0 saturated carbocycles. The number of pyridine rings is 1. The quantitative estimate of drug-likeness (QED) is 0.398. The molecule has 10 nitrogen and oxygen atoms in total. The molecule has 0 radical (unpaired) electrons. The molecule has 0 bridgehead atoms. The van der Waals surface area contributed by atoms with Crippen molar-refractivity contribution in [3.8, 4) is 0 Å². The highest BCUT2D eigenvalue weighted by Crippen LogP contribution is 2.36. The van der Waals surface area contributed by atoms with Gasteiger partial charge in [0, 0.05) is 43.6 Å². The minimum atomic E-state index is -5.07. The summed E-state index contributed by atoms with van der Waals surface area (Å²) in [4.78, 5) is 31.3. The van der Waals surface area contributed by atoms with Gasteiger partial charge in [-0.05, 0) is 68.1 Å². The standard InChI is InChI=1S/C29H29F3N4O6S2.ClH/c30-29(31,32)24-9-8-23(43(39,40)22-5-2-1-3-6-22)19-26(24)44(41,42)34-21-12-17-35(18-13-21)28(38)25-7-4-16-36(25)27(37)20-10-14-33-15-11-20;/h1-3,5-6,8-11,14-15,19,21,25,34H,4,7,12-13,16-18H2;1H/t25-;/m0./s1. The molecule has 2 aliphatic heterocycles. The molecule has 1 N–H and O–H groups in total. The molecule has 0 aliphatic carbocycles. The number of hydrogen-bond donors (Lipinski definition) is 1. The molecule has 16 heteroatoms. The van der Waals surface area contributed by atoms with Gasteiger partial charge in [0.1, 0.15) is 6.04 Å². The number of alkyl halides is 3. The first-order valence-electron chi connectivity index (χ1n) is 13.8. The van der Waals surface area contributed by atoms with Gasteiger partial charge >= 0.3 is 6.18 Å². The molecule has 3 heterocycles. The number of benzene rings is 2. The van der Waals surface area contributed by atoms with E-state index in [1.54, 1.807) is 18.2 Å². The van der Waals surface area contributed by atoms with Crippen LogP contribution in [0.1, 0.15) is 41.6 Å². The Labute approximate surface area is 265 Å². The Bertz CT molecular complexity index is 1750. The first kappa shape index (κ1) is 34.3. The minimum Gasteiger partial charge on any atom is -0.341 e. The van der Waals surface area contributed by atoms with Gasteiger partial charge in [-0.1, -0.05) is 18.2 Å². The molecule has 242 valence electrons. The first-order chi connectivity index (χ1) is 20.8. The number of carbonyl (C=O) groups is 2. The largest absolute Gasteiger partial charge is 0.417 e. The van der Waals surface area contributed by atoms with Crippen molar-refractivity contribution in [2.75, 3.05) is 19.6 Å². The maximum atomic E-state index is 13.9. The van der Waals surface area contributed by atoms with Gasteiger partial charge < -0.3 is 9.80 Å². The van der Waals surface area contributed by atoms with Crippen LogP contribution in [-0.2, 0) is 30.8 Å². The summed E-state index contributed by atoms with van der Waals surface area (Å²) in [5.74, 6) is -0.563. The Balaban J connectivity index is 0.00000461. The minimum absolute atomic E-state index is 0. The lowest BCUT2D eigenvalue weighted by atomic mass is 10.0. The number of amides is 2. The topological polar surface area (TPSA) is 134 Å². The molecule has 3 aromatic rings. The lowest BCUT2D eigenvalue weighted by Crippen LogP contribution is -2.52. The summed E-state index contributed by atoms with van der Waals surface area (Å²) in [6.45, 7) is 0.650. The highest BCUT2D eigenvalue weighted by Gasteiger charge is 2.41. The van der Waals surface area contributed by atoms with E-state index in [2.05, 4.69) is 9.71 Å². The fraction of sp³-hybridized carbons (Fsp3) is 0.345. The molecule has 1 aromatic heterocycles. The van der Waals surface area contributed by atoms with E-state index in [4.69, 9.17) is 0 Å². The first-order valence-corrected chi connectivity index (χ1v) is 16.8. The number of sulfone groups is 1. The van der Waals surface area contributed by atoms with Crippen LogP contribution in [0, 0.1) is 0 Å². The normalized spacial score (nSPS) is 18.0. The lowest BCUT2D eigenvalue weighted by Gasteiger charge is -2.35. The molecule has 2 aliphatic rings. The van der Waals surface area contributed by atoms with Gasteiger partial charge in [0.15, 0.2) is 0 Å². The summed E-state index contributed by atoms with van der Waals surface area (Å²) in [6.07, 6.45) is -0.757. The van der Waals surface area contributed by atoms with Crippen molar-refractivity contribution in [3.63, 3.8) is 0 Å². The summed E-state index contributed by atoms with van der Waals surface area (Å²) < 4.78 is 96.7. The molecule has 45 heavy (non-hydrogen) atoms. The van der Waals surface area contributed by atoms with Crippen LogP contribution in [0.2, 0.25) is 0 Å². The monoisotopic (exact) mass is 686 g/mol. The number of nitrogens with one attached hydrogen (secondary N) is 1. The van der Waals surface area contributed by atoms with Crippen LogP contribution >= 0.6 is 12.4 Å². The molecule has 2 fully saturated rings. The fourth-order valence-electron chi connectivity index (χ4n) is 5.50. The Morgan fingerprint density at radius 1 is 0.844 bits per heavy atom. The summed E-state index contributed by atoms with van der Waals surface area (Å²) in [5, 5.41) is 0. The second-order valence-corrected chi connectivity index (χ2v) is 14.2. The van der Waals surface area contributed by atoms with E-state index in [0.29, 0.717) is 37.1 Å². The zero-order chi connectivity index (χ0) is 31.7. The maximum absolute atomic E-state index is 13.9. The van der Waals surface area contributed by atoms with E-state index in [1.165, 1.54) is 46.5 Å². The van der Waals surface area contributed by atoms with E-state index in [9.17, 15) is 39.6 Å². The van der Waals surface area contributed by atoms with Gasteiger partial charge in [-0.3, -0.25) is 14.6 Å². The van der Waals surface area contributed by atoms with Crippen LogP contribution in [0.15, 0.2) is 87.7 Å². The Morgan fingerprint density at radius 2 is 1.49 bits per heavy atom. The van der Waals surface area contributed by atoms with E-state index >= 15 is 0 Å². The number of hydrogen-bond acceptors (Lipinski definition) is 7. The van der Waals surface area contributed by atoms with Crippen LogP contribution in [0.3, 0.4) is 0 Å². The van der Waals surface area contributed by atoms with Crippen molar-refractivity contribution in [2.24, 2.45) is 0 Å². The zero-order valence-corrected chi connectivity index (χ0v) is 26.1. The number of halogens is 4. The van der Waals surface area contributed by atoms with Crippen LogP contribution in [0.25, 0.3) is 0 Å². The van der Waals surface area contributed by atoms with E-state index < -0.39 is 53.5 Å². The Morgan fingerprint density at radius 3 is 2.11 bits per heavy atom. The van der Waals surface area contributed by atoms with Crippen LogP contribution in [-0.4, -0.2) is 75.2 Å².